The van der Waals surface area contributed by atoms with Crippen LogP contribution < -0.4 is 0 Å². The molecule has 0 unspecified atom stereocenters. The van der Waals surface area contributed by atoms with Crippen molar-refractivity contribution in [2.24, 2.45) is 0 Å². The molecule has 0 spiro atoms. The van der Waals surface area contributed by atoms with Crippen molar-refractivity contribution in [1.82, 2.24) is 4.90 Å². The Morgan fingerprint density at radius 3 is 2.50 bits per heavy atom. The van der Waals surface area contributed by atoms with E-state index in [1.165, 1.54) is 6.07 Å². The van der Waals surface area contributed by atoms with E-state index in [-0.39, 0.29) is 11.6 Å². The molecule has 0 aromatic heterocycles. The number of nitrogens with zero attached hydrogens (tertiary/aromatic N) is 1. The first-order valence-corrected chi connectivity index (χ1v) is 8.34. The van der Waals surface area contributed by atoms with Gasteiger partial charge in [0.25, 0.3) is 0 Å². The molecule has 2 rings (SSSR count). The van der Waals surface area contributed by atoms with Crippen molar-refractivity contribution in [1.29, 1.82) is 0 Å². The molecule has 6 heteroatoms. The predicted octanol–water partition coefficient (Wildman–Crippen LogP) is 2.49. The van der Waals surface area contributed by atoms with Crippen LogP contribution in [0.15, 0.2) is 18.2 Å². The Labute approximate surface area is 111 Å². The highest BCUT2D eigenvalue weighted by molar-refractivity contribution is 8.13. The van der Waals surface area contributed by atoms with Gasteiger partial charge in [-0.15, -0.1) is 0 Å². The first-order valence-electron chi connectivity index (χ1n) is 5.86. The number of hydrogen-bond acceptors (Lipinski definition) is 3. The first-order chi connectivity index (χ1) is 8.44. The molecule has 1 heterocycles. The van der Waals surface area contributed by atoms with Crippen LogP contribution in [0.1, 0.15) is 24.0 Å². The molecule has 1 fully saturated rings. The van der Waals surface area contributed by atoms with Gasteiger partial charge >= 0.3 is 0 Å². The Kier molecular flexibility index (Phi) is 4.25. The molecule has 1 aromatic carbocycles. The molecule has 1 aromatic rings. The molecule has 0 bridgehead atoms. The second-order valence-electron chi connectivity index (χ2n) is 4.59. The Balaban J connectivity index is 2.09. The fourth-order valence-corrected chi connectivity index (χ4v) is 3.15. The largest absolute Gasteiger partial charge is 0.299 e. The predicted molar refractivity (Wildman–Crippen MR) is 69.4 cm³/mol. The third-order valence-corrected chi connectivity index (χ3v) is 4.05. The van der Waals surface area contributed by atoms with Gasteiger partial charge in [0.2, 0.25) is 9.05 Å². The van der Waals surface area contributed by atoms with E-state index in [2.05, 4.69) is 4.90 Å². The van der Waals surface area contributed by atoms with Gasteiger partial charge in [0.05, 0.1) is 5.75 Å². The third kappa shape index (κ3) is 3.93. The second kappa shape index (κ2) is 5.55. The maximum atomic E-state index is 13.8. The van der Waals surface area contributed by atoms with E-state index in [9.17, 15) is 12.8 Å². The van der Waals surface area contributed by atoms with Crippen molar-refractivity contribution >= 4 is 19.7 Å². The highest BCUT2D eigenvalue weighted by Crippen LogP contribution is 2.18. The van der Waals surface area contributed by atoms with Gasteiger partial charge < -0.3 is 0 Å². The van der Waals surface area contributed by atoms with Gasteiger partial charge in [0, 0.05) is 22.8 Å². The molecule has 3 nitrogen and oxygen atoms in total. The topological polar surface area (TPSA) is 37.4 Å². The fourth-order valence-electron chi connectivity index (χ4n) is 2.19. The molecule has 100 valence electrons. The molecular formula is C12H15ClFNO2S. The zero-order chi connectivity index (χ0) is 13.2. The zero-order valence-electron chi connectivity index (χ0n) is 9.90. The summed E-state index contributed by atoms with van der Waals surface area (Å²) in [6.07, 6.45) is 2.31. The van der Waals surface area contributed by atoms with E-state index in [0.29, 0.717) is 17.7 Å². The standard InChI is InChI=1S/C12H15ClFNO2S/c13-18(16,17)9-10-3-4-11(12(14)7-10)8-15-5-1-2-6-15/h3-4,7H,1-2,5-6,8-9H2. The van der Waals surface area contributed by atoms with Crippen molar-refractivity contribution in [2.75, 3.05) is 13.1 Å². The highest BCUT2D eigenvalue weighted by Gasteiger charge is 2.15. The smallest absolute Gasteiger partial charge is 0.236 e. The normalized spacial score (nSPS) is 17.2. The van der Waals surface area contributed by atoms with Crippen LogP contribution in [-0.4, -0.2) is 26.4 Å². The van der Waals surface area contributed by atoms with Crippen LogP contribution in [0.2, 0.25) is 0 Å². The number of halogens is 2. The van der Waals surface area contributed by atoms with Crippen molar-refractivity contribution in [3.63, 3.8) is 0 Å². The molecule has 0 amide bonds. The van der Waals surface area contributed by atoms with Gasteiger partial charge in [-0.05, 0) is 37.6 Å². The molecule has 18 heavy (non-hydrogen) atoms. The Morgan fingerprint density at radius 2 is 1.94 bits per heavy atom. The van der Waals surface area contributed by atoms with Crippen molar-refractivity contribution < 1.29 is 12.8 Å². The van der Waals surface area contributed by atoms with Crippen LogP contribution >= 0.6 is 10.7 Å². The minimum Gasteiger partial charge on any atom is -0.299 e. The van der Waals surface area contributed by atoms with Crippen LogP contribution in [0.3, 0.4) is 0 Å². The summed E-state index contributed by atoms with van der Waals surface area (Å²) in [5, 5.41) is 0. The average Bonchev–Trinajstić information content (AvgIpc) is 2.72. The van der Waals surface area contributed by atoms with E-state index in [1.54, 1.807) is 12.1 Å². The van der Waals surface area contributed by atoms with Gasteiger partial charge in [-0.2, -0.15) is 0 Å². The molecule has 1 aliphatic rings. The summed E-state index contributed by atoms with van der Waals surface area (Å²) in [4.78, 5) is 2.19. The molecular weight excluding hydrogens is 277 g/mol. The van der Waals surface area contributed by atoms with E-state index in [0.717, 1.165) is 25.9 Å². The van der Waals surface area contributed by atoms with E-state index >= 15 is 0 Å². The van der Waals surface area contributed by atoms with E-state index in [4.69, 9.17) is 10.7 Å². The lowest BCUT2D eigenvalue weighted by Gasteiger charge is -2.15. The summed E-state index contributed by atoms with van der Waals surface area (Å²) in [5.41, 5.74) is 0.986. The van der Waals surface area contributed by atoms with Crippen LogP contribution in [0.25, 0.3) is 0 Å². The SMILES string of the molecule is O=S(=O)(Cl)Cc1ccc(CN2CCCC2)c(F)c1. The Bertz CT molecular complexity index is 527. The lowest BCUT2D eigenvalue weighted by Crippen LogP contribution is -2.19. The lowest BCUT2D eigenvalue weighted by atomic mass is 10.1. The molecule has 0 radical (unpaired) electrons. The summed E-state index contributed by atoms with van der Waals surface area (Å²) in [7, 11) is 1.50. The number of rotatable bonds is 4. The maximum absolute atomic E-state index is 13.8. The molecule has 0 N–H and O–H groups in total. The van der Waals surface area contributed by atoms with E-state index < -0.39 is 9.05 Å². The van der Waals surface area contributed by atoms with Gasteiger partial charge in [0.1, 0.15) is 5.82 Å². The maximum Gasteiger partial charge on any atom is 0.236 e. The number of benzene rings is 1. The zero-order valence-corrected chi connectivity index (χ0v) is 11.5. The highest BCUT2D eigenvalue weighted by atomic mass is 35.7. The Morgan fingerprint density at radius 1 is 1.28 bits per heavy atom. The van der Waals surface area contributed by atoms with Gasteiger partial charge in [-0.1, -0.05) is 12.1 Å². The third-order valence-electron chi connectivity index (χ3n) is 3.05. The minimum absolute atomic E-state index is 0.338. The van der Waals surface area contributed by atoms with Crippen molar-refractivity contribution in [2.45, 2.75) is 25.1 Å². The molecule has 0 aliphatic carbocycles. The van der Waals surface area contributed by atoms with Gasteiger partial charge in [0.15, 0.2) is 0 Å². The Hall–Kier alpha value is -0.650. The van der Waals surface area contributed by atoms with Gasteiger partial charge in [-0.25, -0.2) is 12.8 Å². The fraction of sp³-hybridized carbons (Fsp3) is 0.500. The molecule has 1 saturated heterocycles. The number of hydrogen-bond donors (Lipinski definition) is 0. The minimum atomic E-state index is -3.63. The lowest BCUT2D eigenvalue weighted by molar-refractivity contribution is 0.325. The summed E-state index contributed by atoms with van der Waals surface area (Å²) < 4.78 is 35.6. The second-order valence-corrected chi connectivity index (χ2v) is 7.37. The summed E-state index contributed by atoms with van der Waals surface area (Å²) in [6, 6.07) is 4.52. The summed E-state index contributed by atoms with van der Waals surface area (Å²) in [5.74, 6) is -0.699. The molecule has 1 aliphatic heterocycles. The van der Waals surface area contributed by atoms with Crippen molar-refractivity contribution in [3.8, 4) is 0 Å². The summed E-state index contributed by atoms with van der Waals surface area (Å²) in [6.45, 7) is 2.58. The van der Waals surface area contributed by atoms with Crippen molar-refractivity contribution in [3.05, 3.63) is 35.1 Å². The molecule has 0 atom stereocenters. The van der Waals surface area contributed by atoms with Crippen LogP contribution in [0.4, 0.5) is 4.39 Å². The van der Waals surface area contributed by atoms with Crippen LogP contribution in [-0.2, 0) is 21.3 Å². The summed E-state index contributed by atoms with van der Waals surface area (Å²) >= 11 is 0. The molecule has 0 saturated carbocycles. The number of likely N-dealkylation sites (tertiary alicyclic amines) is 1. The van der Waals surface area contributed by atoms with Crippen LogP contribution in [0, 0.1) is 5.82 Å². The monoisotopic (exact) mass is 291 g/mol. The first kappa shape index (κ1) is 13.8. The average molecular weight is 292 g/mol. The van der Waals surface area contributed by atoms with Gasteiger partial charge in [-0.3, -0.25) is 4.90 Å². The quantitative estimate of drug-likeness (QED) is 0.800. The van der Waals surface area contributed by atoms with E-state index in [1.807, 2.05) is 0 Å². The van der Waals surface area contributed by atoms with Crippen LogP contribution in [0.5, 0.6) is 0 Å².